The highest BCUT2D eigenvalue weighted by Gasteiger charge is 2.57. The van der Waals surface area contributed by atoms with Crippen LogP contribution in [-0.4, -0.2) is 35.7 Å². The van der Waals surface area contributed by atoms with Crippen LogP contribution in [0.3, 0.4) is 0 Å². The number of piperidine rings is 1. The SMILES string of the molecule is CN1c2ccccc2C(C)(C)C12C=Cc1cc([N+](=O)[O-])cc(CN3CCCCC3)c1O2. The number of ether oxygens (including phenoxy) is 1. The molecule has 5 rings (SSSR count). The molecule has 1 unspecified atom stereocenters. The lowest BCUT2D eigenvalue weighted by molar-refractivity contribution is -0.385. The van der Waals surface area contributed by atoms with E-state index in [9.17, 15) is 10.1 Å². The number of para-hydroxylation sites is 1. The zero-order valence-electron chi connectivity index (χ0n) is 18.4. The van der Waals surface area contributed by atoms with Crippen molar-refractivity contribution in [1.82, 2.24) is 4.90 Å². The van der Waals surface area contributed by atoms with Crippen LogP contribution in [0.5, 0.6) is 5.75 Å². The number of nitro benzene ring substituents is 1. The molecule has 2 aromatic carbocycles. The minimum Gasteiger partial charge on any atom is -0.462 e. The Kier molecular flexibility index (Phi) is 4.59. The summed E-state index contributed by atoms with van der Waals surface area (Å²) in [4.78, 5) is 15.9. The fraction of sp³-hybridized carbons (Fsp3) is 0.440. The van der Waals surface area contributed by atoms with Gasteiger partial charge in [-0.1, -0.05) is 24.6 Å². The monoisotopic (exact) mass is 419 g/mol. The van der Waals surface area contributed by atoms with Crippen molar-refractivity contribution in [3.05, 3.63) is 69.3 Å². The molecule has 0 saturated carbocycles. The number of benzene rings is 2. The van der Waals surface area contributed by atoms with Gasteiger partial charge in [0.25, 0.3) is 5.69 Å². The average molecular weight is 420 g/mol. The number of hydrogen-bond acceptors (Lipinski definition) is 5. The Labute approximate surface area is 183 Å². The predicted octanol–water partition coefficient (Wildman–Crippen LogP) is 5.11. The van der Waals surface area contributed by atoms with Gasteiger partial charge in [-0.3, -0.25) is 15.0 Å². The first-order chi connectivity index (χ1) is 14.8. The number of likely N-dealkylation sites (tertiary alicyclic amines) is 1. The zero-order valence-corrected chi connectivity index (χ0v) is 18.4. The van der Waals surface area contributed by atoms with Gasteiger partial charge in [0.1, 0.15) is 5.75 Å². The maximum Gasteiger partial charge on any atom is 0.270 e. The zero-order chi connectivity index (χ0) is 21.8. The first kappa shape index (κ1) is 20.1. The predicted molar refractivity (Wildman–Crippen MR) is 122 cm³/mol. The Balaban J connectivity index is 1.60. The third kappa shape index (κ3) is 2.96. The van der Waals surface area contributed by atoms with E-state index in [1.165, 1.54) is 24.8 Å². The van der Waals surface area contributed by atoms with Gasteiger partial charge in [0.05, 0.1) is 10.3 Å². The topological polar surface area (TPSA) is 58.8 Å². The first-order valence-electron chi connectivity index (χ1n) is 11.1. The molecule has 6 heteroatoms. The Bertz CT molecular complexity index is 1070. The fourth-order valence-corrected chi connectivity index (χ4v) is 5.52. The summed E-state index contributed by atoms with van der Waals surface area (Å²) >= 11 is 0. The third-order valence-corrected chi connectivity index (χ3v) is 7.31. The lowest BCUT2D eigenvalue weighted by atomic mass is 9.76. The molecule has 31 heavy (non-hydrogen) atoms. The molecule has 0 radical (unpaired) electrons. The lowest BCUT2D eigenvalue weighted by Gasteiger charge is -2.46. The number of rotatable bonds is 3. The summed E-state index contributed by atoms with van der Waals surface area (Å²) in [5.41, 5.74) is 3.22. The highest BCUT2D eigenvalue weighted by molar-refractivity contribution is 5.73. The van der Waals surface area contributed by atoms with Crippen LogP contribution in [0.1, 0.15) is 49.8 Å². The maximum atomic E-state index is 11.6. The molecule has 3 aliphatic heterocycles. The van der Waals surface area contributed by atoms with Gasteiger partial charge in [-0.15, -0.1) is 0 Å². The molecular weight excluding hydrogens is 390 g/mol. The molecule has 0 bridgehead atoms. The van der Waals surface area contributed by atoms with Crippen LogP contribution in [0.15, 0.2) is 42.5 Å². The van der Waals surface area contributed by atoms with E-state index in [0.29, 0.717) is 6.54 Å². The Morgan fingerprint density at radius 1 is 1.13 bits per heavy atom. The minimum absolute atomic E-state index is 0.122. The van der Waals surface area contributed by atoms with E-state index in [1.54, 1.807) is 12.1 Å². The van der Waals surface area contributed by atoms with Gasteiger partial charge in [-0.05, 0) is 63.6 Å². The summed E-state index contributed by atoms with van der Waals surface area (Å²) in [6, 6.07) is 11.7. The van der Waals surface area contributed by atoms with Gasteiger partial charge in [0.15, 0.2) is 0 Å². The summed E-state index contributed by atoms with van der Waals surface area (Å²) in [7, 11) is 2.07. The van der Waals surface area contributed by atoms with E-state index in [0.717, 1.165) is 35.7 Å². The number of anilines is 1. The molecular formula is C25H29N3O3. The average Bonchev–Trinajstić information content (AvgIpc) is 2.93. The number of fused-ring (bicyclic) bond motifs is 2. The van der Waals surface area contributed by atoms with Crippen molar-refractivity contribution in [3.63, 3.8) is 0 Å². The van der Waals surface area contributed by atoms with Crippen LogP contribution < -0.4 is 9.64 Å². The molecule has 0 aromatic heterocycles. The normalized spacial score (nSPS) is 24.0. The van der Waals surface area contributed by atoms with Crippen molar-refractivity contribution in [2.45, 2.75) is 50.8 Å². The van der Waals surface area contributed by atoms with Gasteiger partial charge < -0.3 is 9.64 Å². The molecule has 2 aromatic rings. The van der Waals surface area contributed by atoms with Crippen LogP contribution in [0.4, 0.5) is 11.4 Å². The second-order valence-corrected chi connectivity index (χ2v) is 9.45. The van der Waals surface area contributed by atoms with Gasteiger partial charge in [-0.25, -0.2) is 0 Å². The smallest absolute Gasteiger partial charge is 0.270 e. The summed E-state index contributed by atoms with van der Waals surface area (Å²) in [6.45, 7) is 7.14. The number of nitro groups is 1. The summed E-state index contributed by atoms with van der Waals surface area (Å²) in [5, 5.41) is 11.6. The molecule has 0 amide bonds. The molecule has 6 nitrogen and oxygen atoms in total. The largest absolute Gasteiger partial charge is 0.462 e. The molecule has 1 spiro atoms. The van der Waals surface area contributed by atoms with Crippen molar-refractivity contribution >= 4 is 17.5 Å². The number of likely N-dealkylation sites (N-methyl/N-ethyl adjacent to an activating group) is 1. The van der Waals surface area contributed by atoms with Crippen LogP contribution >= 0.6 is 0 Å². The van der Waals surface area contributed by atoms with E-state index >= 15 is 0 Å². The molecule has 1 fully saturated rings. The Hall–Kier alpha value is -2.86. The third-order valence-electron chi connectivity index (χ3n) is 7.31. The number of non-ortho nitro benzene ring substituents is 1. The van der Waals surface area contributed by atoms with E-state index in [2.05, 4.69) is 61.0 Å². The summed E-state index contributed by atoms with van der Waals surface area (Å²) in [5.74, 6) is 0.770. The van der Waals surface area contributed by atoms with Gasteiger partial charge in [-0.2, -0.15) is 0 Å². The Morgan fingerprint density at radius 2 is 1.87 bits per heavy atom. The van der Waals surface area contributed by atoms with Crippen LogP contribution in [0.25, 0.3) is 6.08 Å². The summed E-state index contributed by atoms with van der Waals surface area (Å²) < 4.78 is 6.89. The van der Waals surface area contributed by atoms with Crippen molar-refractivity contribution < 1.29 is 9.66 Å². The molecule has 162 valence electrons. The molecule has 3 aliphatic rings. The van der Waals surface area contributed by atoms with Crippen LogP contribution in [0.2, 0.25) is 0 Å². The quantitative estimate of drug-likeness (QED) is 0.511. The van der Waals surface area contributed by atoms with Crippen molar-refractivity contribution in [2.75, 3.05) is 25.0 Å². The van der Waals surface area contributed by atoms with E-state index in [4.69, 9.17) is 4.74 Å². The Morgan fingerprint density at radius 3 is 2.58 bits per heavy atom. The second-order valence-electron chi connectivity index (χ2n) is 9.45. The standard InChI is InChI=1S/C25H29N3O3/c1-24(2)21-9-5-6-10-22(21)26(3)25(24)12-11-18-15-20(28(29)30)16-19(23(18)31-25)17-27-13-7-4-8-14-27/h5-6,9-12,15-16H,4,7-8,13-14,17H2,1-3H3. The number of nitrogens with zero attached hydrogens (tertiary/aromatic N) is 3. The van der Waals surface area contributed by atoms with E-state index < -0.39 is 5.72 Å². The first-order valence-corrected chi connectivity index (χ1v) is 11.1. The molecule has 1 saturated heterocycles. The molecule has 0 aliphatic carbocycles. The lowest BCUT2D eigenvalue weighted by Crippen LogP contribution is -2.58. The van der Waals surface area contributed by atoms with E-state index in [-0.39, 0.29) is 16.0 Å². The summed E-state index contributed by atoms with van der Waals surface area (Å²) in [6.07, 6.45) is 7.68. The molecule has 1 atom stereocenters. The van der Waals surface area contributed by atoms with E-state index in [1.807, 2.05) is 6.08 Å². The number of hydrogen-bond donors (Lipinski definition) is 0. The van der Waals surface area contributed by atoms with Gasteiger partial charge >= 0.3 is 0 Å². The van der Waals surface area contributed by atoms with Gasteiger partial charge in [0, 0.05) is 42.5 Å². The molecule has 0 N–H and O–H groups in total. The maximum absolute atomic E-state index is 11.6. The minimum atomic E-state index is -0.684. The van der Waals surface area contributed by atoms with Gasteiger partial charge in [0.2, 0.25) is 5.72 Å². The van der Waals surface area contributed by atoms with Crippen molar-refractivity contribution in [1.29, 1.82) is 0 Å². The fourth-order valence-electron chi connectivity index (χ4n) is 5.52. The second kappa shape index (κ2) is 7.09. The highest BCUT2D eigenvalue weighted by atomic mass is 16.6. The van der Waals surface area contributed by atoms with Crippen molar-refractivity contribution in [2.24, 2.45) is 0 Å². The highest BCUT2D eigenvalue weighted by Crippen LogP contribution is 2.54. The van der Waals surface area contributed by atoms with Crippen LogP contribution in [0, 0.1) is 10.1 Å². The molecule has 3 heterocycles. The van der Waals surface area contributed by atoms with Crippen molar-refractivity contribution in [3.8, 4) is 5.75 Å². The van der Waals surface area contributed by atoms with Crippen LogP contribution in [-0.2, 0) is 12.0 Å².